The summed E-state index contributed by atoms with van der Waals surface area (Å²) in [4.78, 5) is 34.2. The number of anilines is 1. The van der Waals surface area contributed by atoms with Gasteiger partial charge < -0.3 is 9.50 Å². The van der Waals surface area contributed by atoms with Crippen LogP contribution in [0.5, 0.6) is 5.75 Å². The Labute approximate surface area is 214 Å². The van der Waals surface area contributed by atoms with Crippen molar-refractivity contribution in [3.05, 3.63) is 98.0 Å². The Bertz CT molecular complexity index is 1540. The van der Waals surface area contributed by atoms with Crippen molar-refractivity contribution in [2.75, 3.05) is 5.32 Å². The Kier molecular flexibility index (Phi) is 7.98. The molecule has 0 aliphatic rings. The van der Waals surface area contributed by atoms with E-state index in [0.29, 0.717) is 11.1 Å². The van der Waals surface area contributed by atoms with E-state index in [4.69, 9.17) is 4.18 Å². The molecule has 3 aromatic carbocycles. The Morgan fingerprint density at radius 1 is 1.11 bits per heavy atom. The normalized spacial score (nSPS) is 11.3. The van der Waals surface area contributed by atoms with Crippen molar-refractivity contribution in [1.29, 1.82) is 5.26 Å². The molecule has 0 bridgehead atoms. The maximum atomic E-state index is 12.6. The topological polar surface area (TPSA) is 156 Å². The molecule has 0 unspecified atom stereocenters. The van der Waals surface area contributed by atoms with Gasteiger partial charge in [-0.2, -0.15) is 13.7 Å². The van der Waals surface area contributed by atoms with E-state index in [0.717, 1.165) is 24.3 Å². The number of carbonyl (C=O) groups is 2. The van der Waals surface area contributed by atoms with Crippen LogP contribution < -0.4 is 9.50 Å². The van der Waals surface area contributed by atoms with Crippen LogP contribution in [-0.4, -0.2) is 25.0 Å². The fourth-order valence-electron chi connectivity index (χ4n) is 2.98. The van der Waals surface area contributed by atoms with Gasteiger partial charge in [0.2, 0.25) is 0 Å². The molecule has 3 aromatic rings. The van der Waals surface area contributed by atoms with Gasteiger partial charge in [0.05, 0.1) is 15.1 Å². The van der Waals surface area contributed by atoms with Gasteiger partial charge in [-0.15, -0.1) is 0 Å². The van der Waals surface area contributed by atoms with Crippen LogP contribution in [0.1, 0.15) is 22.8 Å². The molecule has 3 rings (SSSR count). The molecule has 0 saturated carbocycles. The first-order valence-electron chi connectivity index (χ1n) is 10.0. The molecule has 0 heterocycles. The first-order valence-corrected chi connectivity index (χ1v) is 12.2. The first-order chi connectivity index (χ1) is 17.0. The molecule has 0 aromatic heterocycles. The highest BCUT2D eigenvalue weighted by Crippen LogP contribution is 2.30. The summed E-state index contributed by atoms with van der Waals surface area (Å²) in [5, 5.41) is 22.8. The van der Waals surface area contributed by atoms with Crippen LogP contribution in [0.25, 0.3) is 6.08 Å². The molecule has 12 heteroatoms. The fourth-order valence-corrected chi connectivity index (χ4v) is 4.51. The van der Waals surface area contributed by atoms with E-state index in [1.165, 1.54) is 37.3 Å². The molecule has 36 heavy (non-hydrogen) atoms. The van der Waals surface area contributed by atoms with E-state index in [9.17, 15) is 33.4 Å². The van der Waals surface area contributed by atoms with Crippen LogP contribution in [0, 0.1) is 21.4 Å². The summed E-state index contributed by atoms with van der Waals surface area (Å²) in [5.41, 5.74) is 0.411. The molecule has 10 nitrogen and oxygen atoms in total. The zero-order valence-electron chi connectivity index (χ0n) is 18.5. The number of Topliss-reactive ketones (excluding diaryl/α,β-unsaturated/α-hetero) is 1. The lowest BCUT2D eigenvalue weighted by Crippen LogP contribution is -2.15. The Morgan fingerprint density at radius 3 is 2.36 bits per heavy atom. The third-order valence-corrected chi connectivity index (χ3v) is 6.59. The molecule has 1 N–H and O–H groups in total. The van der Waals surface area contributed by atoms with E-state index in [1.807, 2.05) is 0 Å². The summed E-state index contributed by atoms with van der Waals surface area (Å²) >= 11 is 3.20. The van der Waals surface area contributed by atoms with Crippen molar-refractivity contribution >= 4 is 55.2 Å². The molecule has 182 valence electrons. The minimum atomic E-state index is -4.29. The maximum Gasteiger partial charge on any atom is 0.339 e. The van der Waals surface area contributed by atoms with Crippen LogP contribution in [0.2, 0.25) is 0 Å². The average Bonchev–Trinajstić information content (AvgIpc) is 2.84. The van der Waals surface area contributed by atoms with Crippen molar-refractivity contribution in [3.8, 4) is 11.8 Å². The van der Waals surface area contributed by atoms with Gasteiger partial charge in [0.15, 0.2) is 11.5 Å². The van der Waals surface area contributed by atoms with E-state index in [-0.39, 0.29) is 37.8 Å². The zero-order chi connectivity index (χ0) is 26.5. The van der Waals surface area contributed by atoms with Crippen molar-refractivity contribution in [2.24, 2.45) is 0 Å². The smallest absolute Gasteiger partial charge is 0.339 e. The van der Waals surface area contributed by atoms with Crippen molar-refractivity contribution in [2.45, 2.75) is 11.8 Å². The van der Waals surface area contributed by atoms with Gasteiger partial charge in [0.1, 0.15) is 16.5 Å². The lowest BCUT2D eigenvalue weighted by Gasteiger charge is -2.10. The molecular formula is C24H16BrN3O7S. The highest BCUT2D eigenvalue weighted by atomic mass is 79.9. The predicted molar refractivity (Wildman–Crippen MR) is 134 cm³/mol. The number of non-ortho nitro benzene ring substituents is 1. The van der Waals surface area contributed by atoms with Crippen LogP contribution in [0.4, 0.5) is 11.4 Å². The van der Waals surface area contributed by atoms with E-state index >= 15 is 0 Å². The van der Waals surface area contributed by atoms with E-state index in [1.54, 1.807) is 24.3 Å². The molecule has 0 fully saturated rings. The van der Waals surface area contributed by atoms with Gasteiger partial charge in [0, 0.05) is 17.7 Å². The third-order valence-electron chi connectivity index (χ3n) is 4.72. The number of hydrogen-bond donors (Lipinski definition) is 1. The quantitative estimate of drug-likeness (QED) is 0.100. The number of halogens is 1. The van der Waals surface area contributed by atoms with Crippen LogP contribution >= 0.6 is 15.9 Å². The number of rotatable bonds is 8. The van der Waals surface area contributed by atoms with E-state index < -0.39 is 20.9 Å². The van der Waals surface area contributed by atoms with Crippen LogP contribution in [-0.2, 0) is 14.9 Å². The van der Waals surface area contributed by atoms with Gasteiger partial charge in [0.25, 0.3) is 11.6 Å². The molecule has 0 atom stereocenters. The number of nitriles is 1. The summed E-state index contributed by atoms with van der Waals surface area (Å²) in [6, 6.07) is 16.6. The number of carbonyl (C=O) groups excluding carboxylic acids is 2. The molecule has 0 spiro atoms. The number of para-hydroxylation sites is 1. The number of nitro groups is 1. The SMILES string of the molecule is CC(=O)c1ccccc1NC(=O)/C(C#N)=C\c1ccc(OS(=O)(=O)c2ccc([N+](=O)[O-])cc2)c(Br)c1. The number of nitro benzene ring substituents is 1. The van der Waals surface area contributed by atoms with Gasteiger partial charge in [-0.25, -0.2) is 0 Å². The number of nitrogens with one attached hydrogen (secondary N) is 1. The number of amides is 1. The molecular weight excluding hydrogens is 554 g/mol. The minimum Gasteiger partial charge on any atom is -0.378 e. The molecule has 0 saturated heterocycles. The minimum absolute atomic E-state index is 0.0798. The van der Waals surface area contributed by atoms with Gasteiger partial charge >= 0.3 is 10.1 Å². The lowest BCUT2D eigenvalue weighted by atomic mass is 10.1. The number of hydrogen-bond acceptors (Lipinski definition) is 8. The van der Waals surface area contributed by atoms with Crippen molar-refractivity contribution in [1.82, 2.24) is 0 Å². The second kappa shape index (κ2) is 10.9. The van der Waals surface area contributed by atoms with Gasteiger partial charge in [-0.1, -0.05) is 18.2 Å². The zero-order valence-corrected chi connectivity index (χ0v) is 20.9. The average molecular weight is 570 g/mol. The predicted octanol–water partition coefficient (Wildman–Crippen LogP) is 4.87. The standard InChI is InChI=1S/C24H16BrN3O7S/c1-15(29)20-4-2-3-5-22(20)27-24(30)17(14-26)12-16-6-11-23(21(25)13-16)35-36(33,34)19-9-7-18(8-10-19)28(31)32/h2-13H,1H3,(H,27,30)/b17-12-. The highest BCUT2D eigenvalue weighted by Gasteiger charge is 2.20. The summed E-state index contributed by atoms with van der Waals surface area (Å²) in [6.45, 7) is 1.36. The Morgan fingerprint density at radius 2 is 1.78 bits per heavy atom. The maximum absolute atomic E-state index is 12.6. The van der Waals surface area contributed by atoms with Crippen LogP contribution in [0.15, 0.2) is 81.7 Å². The number of nitrogens with zero attached hydrogens (tertiary/aromatic N) is 2. The molecule has 0 aliphatic heterocycles. The summed E-state index contributed by atoms with van der Waals surface area (Å²) in [6.07, 6.45) is 1.28. The second-order valence-electron chi connectivity index (χ2n) is 7.20. The lowest BCUT2D eigenvalue weighted by molar-refractivity contribution is -0.384. The summed E-state index contributed by atoms with van der Waals surface area (Å²) in [5.74, 6) is -1.07. The van der Waals surface area contributed by atoms with Crippen LogP contribution in [0.3, 0.4) is 0 Å². The molecule has 0 radical (unpaired) electrons. The van der Waals surface area contributed by atoms with Crippen molar-refractivity contribution < 1.29 is 27.1 Å². The number of benzene rings is 3. The van der Waals surface area contributed by atoms with E-state index in [2.05, 4.69) is 21.2 Å². The monoisotopic (exact) mass is 569 g/mol. The first kappa shape index (κ1) is 26.3. The Hall–Kier alpha value is -4.34. The highest BCUT2D eigenvalue weighted by molar-refractivity contribution is 9.10. The largest absolute Gasteiger partial charge is 0.378 e. The van der Waals surface area contributed by atoms with Gasteiger partial charge in [-0.05, 0) is 70.9 Å². The Balaban J connectivity index is 1.81. The number of ketones is 1. The van der Waals surface area contributed by atoms with Gasteiger partial charge in [-0.3, -0.25) is 19.7 Å². The fraction of sp³-hybridized carbons (Fsp3) is 0.0417. The summed E-state index contributed by atoms with van der Waals surface area (Å²) < 4.78 is 30.4. The molecule has 0 aliphatic carbocycles. The van der Waals surface area contributed by atoms with Crippen molar-refractivity contribution in [3.63, 3.8) is 0 Å². The summed E-state index contributed by atoms with van der Waals surface area (Å²) in [7, 11) is -4.29. The third kappa shape index (κ3) is 6.21. The molecule has 1 amide bonds. The second-order valence-corrected chi connectivity index (χ2v) is 9.60.